The second-order valence-electron chi connectivity index (χ2n) is 6.48. The van der Waals surface area contributed by atoms with Crippen LogP contribution in [0.2, 0.25) is 0 Å². The van der Waals surface area contributed by atoms with Gasteiger partial charge in [0.05, 0.1) is 0 Å². The van der Waals surface area contributed by atoms with Gasteiger partial charge in [-0.2, -0.15) is 0 Å². The van der Waals surface area contributed by atoms with Gasteiger partial charge in [-0.3, -0.25) is 9.65 Å². The third-order valence-corrected chi connectivity index (χ3v) is 7.51. The van der Waals surface area contributed by atoms with E-state index in [-0.39, 0.29) is 12.8 Å². The number of ether oxygens (including phenoxy) is 2. The molecule has 138 valence electrons. The van der Waals surface area contributed by atoms with Gasteiger partial charge in [0.2, 0.25) is 14.1 Å². The highest BCUT2D eigenvalue weighted by atomic mass is 31.2. The maximum absolute atomic E-state index is 14.2. The molecule has 1 atom stereocenters. The second kappa shape index (κ2) is 7.59. The number of nitrogens with one attached hydrogen (secondary N) is 1. The SMILES string of the molecule is CC[C@@H](NP(=O)(c1ccccc1)c1ccccc1)c1ccc2c(c1)OCO2. The first kappa shape index (κ1) is 17.8. The summed E-state index contributed by atoms with van der Waals surface area (Å²) < 4.78 is 25.1. The first-order valence-electron chi connectivity index (χ1n) is 9.09. The Morgan fingerprint density at radius 2 is 1.48 bits per heavy atom. The minimum absolute atomic E-state index is 0.0780. The van der Waals surface area contributed by atoms with Crippen molar-refractivity contribution in [1.82, 2.24) is 5.09 Å². The van der Waals surface area contributed by atoms with E-state index in [1.54, 1.807) is 0 Å². The molecule has 3 aromatic rings. The van der Waals surface area contributed by atoms with Crippen LogP contribution in [0.15, 0.2) is 78.9 Å². The first-order valence-corrected chi connectivity index (χ1v) is 10.8. The molecule has 4 nitrogen and oxygen atoms in total. The highest BCUT2D eigenvalue weighted by molar-refractivity contribution is 7.76. The molecular weight excluding hydrogens is 357 g/mol. The summed E-state index contributed by atoms with van der Waals surface area (Å²) in [6.07, 6.45) is 0.795. The van der Waals surface area contributed by atoms with E-state index in [2.05, 4.69) is 12.0 Å². The van der Waals surface area contributed by atoms with Crippen LogP contribution in [0.1, 0.15) is 24.9 Å². The minimum atomic E-state index is -3.00. The topological polar surface area (TPSA) is 47.6 Å². The van der Waals surface area contributed by atoms with Crippen LogP contribution >= 0.6 is 7.29 Å². The van der Waals surface area contributed by atoms with Crippen LogP contribution in [0.4, 0.5) is 0 Å². The van der Waals surface area contributed by atoms with Crippen molar-refractivity contribution in [3.63, 3.8) is 0 Å². The van der Waals surface area contributed by atoms with Crippen molar-refractivity contribution in [2.75, 3.05) is 6.79 Å². The van der Waals surface area contributed by atoms with Crippen LogP contribution in [0.5, 0.6) is 11.5 Å². The monoisotopic (exact) mass is 379 g/mol. The average Bonchev–Trinajstić information content (AvgIpc) is 3.21. The molecule has 3 aromatic carbocycles. The van der Waals surface area contributed by atoms with E-state index in [1.165, 1.54) is 0 Å². The maximum atomic E-state index is 14.2. The third-order valence-electron chi connectivity index (χ3n) is 4.78. The molecular formula is C22H22NO3P. The van der Waals surface area contributed by atoms with Gasteiger partial charge in [-0.25, -0.2) is 0 Å². The van der Waals surface area contributed by atoms with Crippen LogP contribution in [0.25, 0.3) is 0 Å². The molecule has 5 heteroatoms. The first-order chi connectivity index (χ1) is 13.2. The van der Waals surface area contributed by atoms with Gasteiger partial charge in [-0.15, -0.1) is 0 Å². The normalized spacial score (nSPS) is 14.1. The predicted molar refractivity (Wildman–Crippen MR) is 108 cm³/mol. The van der Waals surface area contributed by atoms with Crippen molar-refractivity contribution in [2.24, 2.45) is 0 Å². The highest BCUT2D eigenvalue weighted by Gasteiger charge is 2.30. The van der Waals surface area contributed by atoms with E-state index in [0.29, 0.717) is 0 Å². The summed E-state index contributed by atoms with van der Waals surface area (Å²) >= 11 is 0. The molecule has 1 heterocycles. The summed E-state index contributed by atoms with van der Waals surface area (Å²) in [4.78, 5) is 0. The zero-order valence-electron chi connectivity index (χ0n) is 15.2. The molecule has 4 rings (SSSR count). The predicted octanol–water partition coefficient (Wildman–Crippen LogP) is 4.39. The minimum Gasteiger partial charge on any atom is -0.454 e. The smallest absolute Gasteiger partial charge is 0.231 e. The quantitative estimate of drug-likeness (QED) is 0.646. The Hall–Kier alpha value is -2.55. The van der Waals surface area contributed by atoms with Crippen molar-refractivity contribution in [3.8, 4) is 11.5 Å². The maximum Gasteiger partial charge on any atom is 0.231 e. The van der Waals surface area contributed by atoms with Gasteiger partial charge in [-0.1, -0.05) is 49.4 Å². The molecule has 0 bridgehead atoms. The van der Waals surface area contributed by atoms with Crippen LogP contribution in [0.3, 0.4) is 0 Å². The van der Waals surface area contributed by atoms with Crippen LogP contribution < -0.4 is 25.2 Å². The fourth-order valence-electron chi connectivity index (χ4n) is 3.32. The fourth-order valence-corrected chi connectivity index (χ4v) is 5.88. The summed E-state index contributed by atoms with van der Waals surface area (Å²) in [6.45, 7) is 2.33. The number of rotatable bonds is 6. The van der Waals surface area contributed by atoms with Gasteiger partial charge < -0.3 is 9.47 Å². The highest BCUT2D eigenvalue weighted by Crippen LogP contribution is 2.43. The molecule has 27 heavy (non-hydrogen) atoms. The molecule has 0 saturated carbocycles. The molecule has 0 spiro atoms. The number of benzene rings is 3. The number of hydrogen-bond donors (Lipinski definition) is 1. The molecule has 0 aromatic heterocycles. The van der Waals surface area contributed by atoms with E-state index in [9.17, 15) is 4.57 Å². The van der Waals surface area contributed by atoms with Gasteiger partial charge in [0.1, 0.15) is 0 Å². The standard InChI is InChI=1S/C22H22NO3P/c1-2-20(17-13-14-21-22(15-17)26-16-25-21)23-27(24,18-9-5-3-6-10-18)19-11-7-4-8-12-19/h3-15,20H,2,16H2,1H3,(H,23,24)/t20-/m1/s1. The molecule has 0 unspecified atom stereocenters. The van der Waals surface area contributed by atoms with Crippen LogP contribution in [-0.4, -0.2) is 6.79 Å². The molecule has 0 fully saturated rings. The number of fused-ring (bicyclic) bond motifs is 1. The molecule has 0 aliphatic carbocycles. The summed E-state index contributed by atoms with van der Waals surface area (Å²) in [6, 6.07) is 25.1. The Bertz CT molecular complexity index is 916. The van der Waals surface area contributed by atoms with Crippen molar-refractivity contribution in [1.29, 1.82) is 0 Å². The molecule has 0 amide bonds. The third kappa shape index (κ3) is 3.51. The lowest BCUT2D eigenvalue weighted by Crippen LogP contribution is -2.30. The van der Waals surface area contributed by atoms with E-state index in [0.717, 1.165) is 34.1 Å². The molecule has 1 aliphatic heterocycles. The lowest BCUT2D eigenvalue weighted by molar-refractivity contribution is 0.174. The van der Waals surface area contributed by atoms with Crippen molar-refractivity contribution in [3.05, 3.63) is 84.4 Å². The average molecular weight is 379 g/mol. The Balaban J connectivity index is 1.73. The van der Waals surface area contributed by atoms with E-state index < -0.39 is 7.29 Å². The Kier molecular flexibility index (Phi) is 5.02. The summed E-state index contributed by atoms with van der Waals surface area (Å²) in [7, 11) is -3.00. The Morgan fingerprint density at radius 1 is 0.889 bits per heavy atom. The fraction of sp³-hybridized carbons (Fsp3) is 0.182. The van der Waals surface area contributed by atoms with E-state index in [4.69, 9.17) is 9.47 Å². The van der Waals surface area contributed by atoms with Crippen molar-refractivity contribution in [2.45, 2.75) is 19.4 Å². The lowest BCUT2D eigenvalue weighted by atomic mass is 10.1. The Labute approximate surface area is 159 Å². The summed E-state index contributed by atoms with van der Waals surface area (Å²) in [5.74, 6) is 1.49. The number of hydrogen-bond acceptors (Lipinski definition) is 3. The lowest BCUT2D eigenvalue weighted by Gasteiger charge is -2.27. The van der Waals surface area contributed by atoms with Crippen LogP contribution in [-0.2, 0) is 4.57 Å². The van der Waals surface area contributed by atoms with Crippen molar-refractivity contribution < 1.29 is 14.0 Å². The second-order valence-corrected chi connectivity index (χ2v) is 8.99. The zero-order chi connectivity index (χ0) is 18.7. The summed E-state index contributed by atoms with van der Waals surface area (Å²) in [5.41, 5.74) is 1.04. The van der Waals surface area contributed by atoms with Gasteiger partial charge in [0.25, 0.3) is 0 Å². The molecule has 1 N–H and O–H groups in total. The van der Waals surface area contributed by atoms with Gasteiger partial charge in [0.15, 0.2) is 11.5 Å². The van der Waals surface area contributed by atoms with Crippen molar-refractivity contribution >= 4 is 17.9 Å². The van der Waals surface area contributed by atoms with Gasteiger partial charge in [-0.05, 0) is 48.4 Å². The molecule has 0 saturated heterocycles. The Morgan fingerprint density at radius 3 is 2.07 bits per heavy atom. The van der Waals surface area contributed by atoms with Gasteiger partial charge in [0, 0.05) is 16.7 Å². The summed E-state index contributed by atoms with van der Waals surface area (Å²) in [5, 5.41) is 5.08. The zero-order valence-corrected chi connectivity index (χ0v) is 16.1. The van der Waals surface area contributed by atoms with E-state index >= 15 is 0 Å². The van der Waals surface area contributed by atoms with Crippen LogP contribution in [0, 0.1) is 0 Å². The largest absolute Gasteiger partial charge is 0.454 e. The van der Waals surface area contributed by atoms with Gasteiger partial charge >= 0.3 is 0 Å². The molecule has 0 radical (unpaired) electrons. The molecule has 1 aliphatic rings. The van der Waals surface area contributed by atoms with E-state index in [1.807, 2.05) is 78.9 Å².